The molecule has 3 atom stereocenters. The number of rotatable bonds is 7. The van der Waals surface area contributed by atoms with Gasteiger partial charge >= 0.3 is 0 Å². The number of carbonyl (C=O) groups excluding carboxylic acids is 1. The molecule has 2 heteroatoms. The van der Waals surface area contributed by atoms with Crippen molar-refractivity contribution >= 4 is 5.91 Å². The van der Waals surface area contributed by atoms with E-state index in [4.69, 9.17) is 0 Å². The molecule has 1 aliphatic carbocycles. The molecule has 1 fully saturated rings. The van der Waals surface area contributed by atoms with Gasteiger partial charge in [0.05, 0.1) is 0 Å². The van der Waals surface area contributed by atoms with E-state index in [1.807, 2.05) is 6.07 Å². The van der Waals surface area contributed by atoms with E-state index in [1.165, 1.54) is 27.8 Å². The second kappa shape index (κ2) is 8.65. The highest BCUT2D eigenvalue weighted by molar-refractivity contribution is 5.82. The maximum atomic E-state index is 12.8. The van der Waals surface area contributed by atoms with Gasteiger partial charge in [-0.15, -0.1) is 0 Å². The van der Waals surface area contributed by atoms with Crippen molar-refractivity contribution in [3.8, 4) is 0 Å². The third-order valence-electron chi connectivity index (χ3n) is 6.03. The zero-order valence-electron chi connectivity index (χ0n) is 17.3. The number of carbonyl (C=O) groups is 1. The van der Waals surface area contributed by atoms with Gasteiger partial charge in [0.25, 0.3) is 0 Å². The molecule has 0 spiro atoms. The molecule has 3 unspecified atom stereocenters. The predicted molar refractivity (Wildman–Crippen MR) is 119 cm³/mol. The molecule has 0 radical (unpaired) electrons. The zero-order valence-corrected chi connectivity index (χ0v) is 17.3. The van der Waals surface area contributed by atoms with E-state index in [0.717, 1.165) is 12.8 Å². The first kappa shape index (κ1) is 19.4. The maximum absolute atomic E-state index is 12.8. The van der Waals surface area contributed by atoms with Crippen LogP contribution >= 0.6 is 0 Å². The highest BCUT2D eigenvalue weighted by Gasteiger charge is 2.43. The van der Waals surface area contributed by atoms with Crippen LogP contribution in [0.25, 0.3) is 0 Å². The van der Waals surface area contributed by atoms with Crippen LogP contribution in [0.15, 0.2) is 78.9 Å². The maximum Gasteiger partial charge on any atom is 0.223 e. The lowest BCUT2D eigenvalue weighted by Crippen LogP contribution is -2.30. The molecule has 29 heavy (non-hydrogen) atoms. The molecule has 4 rings (SSSR count). The lowest BCUT2D eigenvalue weighted by molar-refractivity contribution is -0.122. The molecule has 3 aromatic rings. The van der Waals surface area contributed by atoms with Gasteiger partial charge in [0, 0.05) is 18.4 Å². The van der Waals surface area contributed by atoms with Crippen LogP contribution in [0.4, 0.5) is 0 Å². The second-order valence-electron chi connectivity index (χ2n) is 8.40. The molecule has 2 nitrogen and oxygen atoms in total. The summed E-state index contributed by atoms with van der Waals surface area (Å²) in [5, 5.41) is 3.25. The third kappa shape index (κ3) is 4.95. The number of hydrogen-bond donors (Lipinski definition) is 1. The fraction of sp³-hybridized carbons (Fsp3) is 0.296. The zero-order chi connectivity index (χ0) is 20.2. The van der Waals surface area contributed by atoms with Gasteiger partial charge in [-0.1, -0.05) is 90.0 Å². The molecule has 0 bridgehead atoms. The van der Waals surface area contributed by atoms with Crippen molar-refractivity contribution in [1.82, 2.24) is 5.32 Å². The molecule has 0 aromatic heterocycles. The Bertz CT molecular complexity index is 944. The molecule has 0 aliphatic heterocycles. The Labute approximate surface area is 174 Å². The van der Waals surface area contributed by atoms with Crippen LogP contribution < -0.4 is 5.32 Å². The minimum atomic E-state index is 0.121. The monoisotopic (exact) mass is 383 g/mol. The van der Waals surface area contributed by atoms with Gasteiger partial charge in [0.1, 0.15) is 0 Å². The molecule has 1 amide bonds. The average molecular weight is 384 g/mol. The molecular formula is C27H29NO. The number of aryl methyl sites for hydroxylation is 2. The van der Waals surface area contributed by atoms with Gasteiger partial charge in [-0.25, -0.2) is 0 Å². The van der Waals surface area contributed by atoms with Gasteiger partial charge in [0.15, 0.2) is 0 Å². The van der Waals surface area contributed by atoms with Crippen LogP contribution in [0.1, 0.15) is 46.1 Å². The summed E-state index contributed by atoms with van der Waals surface area (Å²) in [5.41, 5.74) is 6.41. The minimum absolute atomic E-state index is 0.121. The molecular weight excluding hydrogens is 354 g/mol. The third-order valence-corrected chi connectivity index (χ3v) is 6.03. The molecule has 148 valence electrons. The standard InChI is InChI=1S/C27H29NO/c1-19-8-12-21(13-9-19)16-24(22-14-10-20(2)11-15-22)18-28-27(29)26-17-25(26)23-6-4-3-5-7-23/h3-15,24-26H,16-18H2,1-2H3,(H,28,29). The van der Waals surface area contributed by atoms with Gasteiger partial charge in [-0.3, -0.25) is 4.79 Å². The van der Waals surface area contributed by atoms with Crippen molar-refractivity contribution in [3.05, 3.63) is 107 Å². The van der Waals surface area contributed by atoms with Gasteiger partial charge in [-0.2, -0.15) is 0 Å². The smallest absolute Gasteiger partial charge is 0.223 e. The van der Waals surface area contributed by atoms with E-state index in [1.54, 1.807) is 0 Å². The summed E-state index contributed by atoms with van der Waals surface area (Å²) in [6.07, 6.45) is 1.89. The van der Waals surface area contributed by atoms with Crippen molar-refractivity contribution in [2.24, 2.45) is 5.92 Å². The van der Waals surface area contributed by atoms with E-state index < -0.39 is 0 Å². The first-order chi connectivity index (χ1) is 14.1. The van der Waals surface area contributed by atoms with E-state index in [-0.39, 0.29) is 17.7 Å². The number of hydrogen-bond acceptors (Lipinski definition) is 1. The van der Waals surface area contributed by atoms with E-state index in [9.17, 15) is 4.79 Å². The Balaban J connectivity index is 1.42. The van der Waals surface area contributed by atoms with Gasteiger partial charge in [0.2, 0.25) is 5.91 Å². The van der Waals surface area contributed by atoms with Crippen LogP contribution in [-0.2, 0) is 11.2 Å². The highest BCUT2D eigenvalue weighted by Crippen LogP contribution is 2.47. The summed E-state index contributed by atoms with van der Waals surface area (Å²) in [7, 11) is 0. The number of benzene rings is 3. The Morgan fingerprint density at radius 3 is 2.17 bits per heavy atom. The fourth-order valence-corrected chi connectivity index (χ4v) is 4.06. The van der Waals surface area contributed by atoms with Crippen LogP contribution in [0, 0.1) is 19.8 Å². The number of amides is 1. The second-order valence-corrected chi connectivity index (χ2v) is 8.40. The van der Waals surface area contributed by atoms with Crippen molar-refractivity contribution in [1.29, 1.82) is 0 Å². The first-order valence-corrected chi connectivity index (χ1v) is 10.5. The molecule has 0 heterocycles. The Hall–Kier alpha value is -2.87. The van der Waals surface area contributed by atoms with Gasteiger partial charge < -0.3 is 5.32 Å². The van der Waals surface area contributed by atoms with E-state index in [0.29, 0.717) is 12.5 Å². The summed E-state index contributed by atoms with van der Waals surface area (Å²) in [6.45, 7) is 4.89. The lowest BCUT2D eigenvalue weighted by Gasteiger charge is -2.19. The summed E-state index contributed by atoms with van der Waals surface area (Å²) >= 11 is 0. The average Bonchev–Trinajstić information content (AvgIpc) is 3.55. The molecule has 1 saturated carbocycles. The quantitative estimate of drug-likeness (QED) is 0.569. The Morgan fingerprint density at radius 2 is 1.52 bits per heavy atom. The van der Waals surface area contributed by atoms with Crippen molar-refractivity contribution < 1.29 is 4.79 Å². The van der Waals surface area contributed by atoms with E-state index >= 15 is 0 Å². The molecule has 0 saturated heterocycles. The van der Waals surface area contributed by atoms with Crippen LogP contribution in [0.5, 0.6) is 0 Å². The van der Waals surface area contributed by atoms with Crippen molar-refractivity contribution in [2.45, 2.75) is 38.5 Å². The summed E-state index contributed by atoms with van der Waals surface area (Å²) < 4.78 is 0. The first-order valence-electron chi connectivity index (χ1n) is 10.5. The van der Waals surface area contributed by atoms with Crippen molar-refractivity contribution in [2.75, 3.05) is 6.54 Å². The minimum Gasteiger partial charge on any atom is -0.355 e. The topological polar surface area (TPSA) is 29.1 Å². The molecule has 3 aromatic carbocycles. The SMILES string of the molecule is Cc1ccc(CC(CNC(=O)C2CC2c2ccccc2)c2ccc(C)cc2)cc1. The molecule has 1 N–H and O–H groups in total. The summed E-state index contributed by atoms with van der Waals surface area (Å²) in [5.74, 6) is 0.970. The van der Waals surface area contributed by atoms with E-state index in [2.05, 4.69) is 92.0 Å². The fourth-order valence-electron chi connectivity index (χ4n) is 4.06. The van der Waals surface area contributed by atoms with Gasteiger partial charge in [-0.05, 0) is 49.3 Å². The predicted octanol–water partition coefficient (Wildman–Crippen LogP) is 5.55. The Kier molecular flexibility index (Phi) is 5.80. The van der Waals surface area contributed by atoms with Crippen LogP contribution in [0.2, 0.25) is 0 Å². The summed E-state index contributed by atoms with van der Waals surface area (Å²) in [4.78, 5) is 12.8. The lowest BCUT2D eigenvalue weighted by atomic mass is 9.91. The van der Waals surface area contributed by atoms with Crippen LogP contribution in [-0.4, -0.2) is 12.5 Å². The molecule has 1 aliphatic rings. The highest BCUT2D eigenvalue weighted by atomic mass is 16.2. The number of nitrogens with one attached hydrogen (secondary N) is 1. The normalized spacial score (nSPS) is 18.8. The van der Waals surface area contributed by atoms with Crippen LogP contribution in [0.3, 0.4) is 0 Å². The Morgan fingerprint density at radius 1 is 0.897 bits per heavy atom. The van der Waals surface area contributed by atoms with Crippen molar-refractivity contribution in [3.63, 3.8) is 0 Å². The largest absolute Gasteiger partial charge is 0.355 e. The summed E-state index contributed by atoms with van der Waals surface area (Å²) in [6, 6.07) is 27.8.